The summed E-state index contributed by atoms with van der Waals surface area (Å²) in [5, 5.41) is 13.0. The van der Waals surface area contributed by atoms with Crippen LogP contribution in [0.15, 0.2) is 40.3 Å². The minimum atomic E-state index is -0.804. The van der Waals surface area contributed by atoms with Crippen LogP contribution in [0.4, 0.5) is 5.00 Å². The molecule has 3 aromatic rings. The second-order valence-corrected chi connectivity index (χ2v) is 9.02. The lowest BCUT2D eigenvalue weighted by atomic mass is 10.1. The molecule has 0 atom stereocenters. The van der Waals surface area contributed by atoms with Crippen LogP contribution in [0.25, 0.3) is 17.4 Å². The molecule has 0 bridgehead atoms. The van der Waals surface area contributed by atoms with E-state index in [-0.39, 0.29) is 40.0 Å². The number of benzene rings is 1. The lowest BCUT2D eigenvalue weighted by Gasteiger charge is -2.06. The van der Waals surface area contributed by atoms with Crippen molar-refractivity contribution < 1.29 is 28.3 Å². The number of esters is 2. The fourth-order valence-corrected chi connectivity index (χ4v) is 4.75. The second-order valence-electron chi connectivity index (χ2n) is 7.15. The van der Waals surface area contributed by atoms with Gasteiger partial charge in [-0.2, -0.15) is 5.26 Å². The topological polar surface area (TPSA) is 119 Å². The molecule has 0 aliphatic carbocycles. The van der Waals surface area contributed by atoms with Crippen molar-refractivity contribution in [1.29, 1.82) is 5.26 Å². The molecule has 1 aromatic carbocycles. The van der Waals surface area contributed by atoms with Crippen molar-refractivity contribution >= 4 is 63.5 Å². The van der Waals surface area contributed by atoms with E-state index in [1.807, 2.05) is 6.07 Å². The summed E-state index contributed by atoms with van der Waals surface area (Å²) in [6, 6.07) is 9.94. The van der Waals surface area contributed by atoms with E-state index >= 15 is 0 Å². The summed E-state index contributed by atoms with van der Waals surface area (Å²) in [6.45, 7) is 5.08. The molecule has 3 rings (SSSR count). The maximum Gasteiger partial charge on any atom is 0.348 e. The van der Waals surface area contributed by atoms with Gasteiger partial charge in [0.05, 0.1) is 23.8 Å². The number of nitrogens with zero attached hydrogens (tertiary/aromatic N) is 1. The maximum absolute atomic E-state index is 12.9. The first-order chi connectivity index (χ1) is 17.2. The summed E-state index contributed by atoms with van der Waals surface area (Å²) < 4.78 is 15.8. The molecule has 0 aliphatic heterocycles. The van der Waals surface area contributed by atoms with Crippen LogP contribution in [-0.4, -0.2) is 31.1 Å². The molecule has 186 valence electrons. The van der Waals surface area contributed by atoms with Crippen LogP contribution in [0.1, 0.15) is 45.2 Å². The van der Waals surface area contributed by atoms with Gasteiger partial charge in [0.25, 0.3) is 5.91 Å². The number of ether oxygens (including phenoxy) is 2. The van der Waals surface area contributed by atoms with Gasteiger partial charge >= 0.3 is 11.9 Å². The number of thiophene rings is 1. The predicted molar refractivity (Wildman–Crippen MR) is 137 cm³/mol. The van der Waals surface area contributed by atoms with Crippen molar-refractivity contribution in [2.24, 2.45) is 0 Å². The summed E-state index contributed by atoms with van der Waals surface area (Å²) in [5.74, 6) is -1.51. The highest BCUT2D eigenvalue weighted by Crippen LogP contribution is 2.35. The van der Waals surface area contributed by atoms with E-state index in [9.17, 15) is 19.6 Å². The van der Waals surface area contributed by atoms with E-state index in [0.29, 0.717) is 26.9 Å². The molecular formula is C25H20Cl2N2O6S. The molecule has 1 amide bonds. The van der Waals surface area contributed by atoms with Gasteiger partial charge in [-0.1, -0.05) is 23.2 Å². The van der Waals surface area contributed by atoms with Gasteiger partial charge < -0.3 is 19.2 Å². The Morgan fingerprint density at radius 3 is 2.44 bits per heavy atom. The smallest absolute Gasteiger partial charge is 0.348 e. The van der Waals surface area contributed by atoms with Crippen molar-refractivity contribution in [2.45, 2.75) is 20.8 Å². The fourth-order valence-electron chi connectivity index (χ4n) is 3.17. The molecule has 0 saturated carbocycles. The average Bonchev–Trinajstić information content (AvgIpc) is 3.41. The first-order valence-electron chi connectivity index (χ1n) is 10.7. The summed E-state index contributed by atoms with van der Waals surface area (Å²) in [4.78, 5) is 37.9. The number of hydrogen-bond acceptors (Lipinski definition) is 8. The molecular weight excluding hydrogens is 527 g/mol. The third kappa shape index (κ3) is 5.97. The standard InChI is InChI=1S/C25H20Cl2N2O6S/c1-4-33-24(31)20-13(3)21(25(32)34-5-2)36-23(20)29-22(30)14(12-28)10-16-7-9-19(35-16)17-8-6-15(26)11-18(17)27/h6-11H,4-5H2,1-3H3,(H,29,30)/b14-10+. The number of anilines is 1. The largest absolute Gasteiger partial charge is 0.462 e. The van der Waals surface area contributed by atoms with E-state index in [4.69, 9.17) is 37.1 Å². The van der Waals surface area contributed by atoms with Crippen LogP contribution in [0.5, 0.6) is 0 Å². The number of nitriles is 1. The minimum absolute atomic E-state index is 0.0215. The van der Waals surface area contributed by atoms with Crippen LogP contribution in [-0.2, 0) is 14.3 Å². The SMILES string of the molecule is CCOC(=O)c1sc(NC(=O)/C(C#N)=C/c2ccc(-c3ccc(Cl)cc3Cl)o2)c(C(=O)OCC)c1C. The number of nitrogens with one attached hydrogen (secondary N) is 1. The van der Waals surface area contributed by atoms with Crippen LogP contribution in [0.2, 0.25) is 10.0 Å². The number of amides is 1. The van der Waals surface area contributed by atoms with Gasteiger partial charge in [-0.3, -0.25) is 4.79 Å². The van der Waals surface area contributed by atoms with Crippen molar-refractivity contribution in [3.05, 3.63) is 67.7 Å². The number of rotatable bonds is 8. The van der Waals surface area contributed by atoms with Gasteiger partial charge in [-0.25, -0.2) is 9.59 Å². The molecule has 8 nitrogen and oxygen atoms in total. The van der Waals surface area contributed by atoms with E-state index in [0.717, 1.165) is 11.3 Å². The van der Waals surface area contributed by atoms with Gasteiger partial charge in [-0.05, 0) is 56.7 Å². The van der Waals surface area contributed by atoms with Crippen molar-refractivity contribution in [2.75, 3.05) is 18.5 Å². The molecule has 36 heavy (non-hydrogen) atoms. The van der Waals surface area contributed by atoms with Crippen LogP contribution in [0.3, 0.4) is 0 Å². The number of furan rings is 1. The van der Waals surface area contributed by atoms with E-state index < -0.39 is 17.8 Å². The minimum Gasteiger partial charge on any atom is -0.462 e. The van der Waals surface area contributed by atoms with E-state index in [1.165, 1.54) is 6.08 Å². The molecule has 0 aliphatic rings. The highest BCUT2D eigenvalue weighted by molar-refractivity contribution is 7.18. The Morgan fingerprint density at radius 2 is 1.81 bits per heavy atom. The van der Waals surface area contributed by atoms with Gasteiger partial charge in [-0.15, -0.1) is 11.3 Å². The van der Waals surface area contributed by atoms with Crippen LogP contribution >= 0.6 is 34.5 Å². The summed E-state index contributed by atoms with van der Waals surface area (Å²) in [5.41, 5.74) is 0.623. The molecule has 0 radical (unpaired) electrons. The highest BCUT2D eigenvalue weighted by atomic mass is 35.5. The Hall–Kier alpha value is -3.58. The number of hydrogen-bond donors (Lipinski definition) is 1. The zero-order chi connectivity index (χ0) is 26.4. The Balaban J connectivity index is 1.91. The molecule has 1 N–H and O–H groups in total. The molecule has 0 unspecified atom stereocenters. The van der Waals surface area contributed by atoms with E-state index in [2.05, 4.69) is 5.32 Å². The summed E-state index contributed by atoms with van der Waals surface area (Å²) in [6.07, 6.45) is 1.25. The maximum atomic E-state index is 12.9. The fraction of sp³-hybridized carbons (Fsp3) is 0.200. The quantitative estimate of drug-likeness (QED) is 0.194. The van der Waals surface area contributed by atoms with Gasteiger partial charge in [0.2, 0.25) is 0 Å². The number of carbonyl (C=O) groups excluding carboxylic acids is 3. The lowest BCUT2D eigenvalue weighted by molar-refractivity contribution is -0.112. The first-order valence-corrected chi connectivity index (χ1v) is 12.2. The number of halogens is 2. The molecule has 0 spiro atoms. The van der Waals surface area contributed by atoms with Crippen molar-refractivity contribution in [1.82, 2.24) is 0 Å². The Bertz CT molecular complexity index is 1400. The third-order valence-electron chi connectivity index (χ3n) is 4.79. The predicted octanol–water partition coefficient (Wildman–Crippen LogP) is 6.52. The molecule has 0 fully saturated rings. The van der Waals surface area contributed by atoms with Gasteiger partial charge in [0, 0.05) is 16.7 Å². The summed E-state index contributed by atoms with van der Waals surface area (Å²) in [7, 11) is 0. The second kappa shape index (κ2) is 11.9. The van der Waals surface area contributed by atoms with Crippen molar-refractivity contribution in [3.8, 4) is 17.4 Å². The van der Waals surface area contributed by atoms with Crippen LogP contribution < -0.4 is 5.32 Å². The zero-order valence-electron chi connectivity index (χ0n) is 19.4. The van der Waals surface area contributed by atoms with E-state index in [1.54, 1.807) is 51.1 Å². The normalized spacial score (nSPS) is 11.1. The first kappa shape index (κ1) is 27.0. The Morgan fingerprint density at radius 1 is 1.11 bits per heavy atom. The number of carbonyl (C=O) groups is 3. The van der Waals surface area contributed by atoms with Gasteiger partial charge in [0.1, 0.15) is 33.0 Å². The van der Waals surface area contributed by atoms with Gasteiger partial charge in [0.15, 0.2) is 0 Å². The molecule has 11 heteroatoms. The Labute approximate surface area is 221 Å². The molecule has 0 saturated heterocycles. The Kier molecular flexibility index (Phi) is 8.93. The zero-order valence-corrected chi connectivity index (χ0v) is 21.8. The third-order valence-corrected chi connectivity index (χ3v) is 6.52. The molecule has 2 aromatic heterocycles. The lowest BCUT2D eigenvalue weighted by Crippen LogP contribution is -2.16. The van der Waals surface area contributed by atoms with Crippen molar-refractivity contribution in [3.63, 3.8) is 0 Å². The highest BCUT2D eigenvalue weighted by Gasteiger charge is 2.28. The summed E-state index contributed by atoms with van der Waals surface area (Å²) >= 11 is 13.0. The molecule has 2 heterocycles. The van der Waals surface area contributed by atoms with Crippen LogP contribution in [0, 0.1) is 18.3 Å². The average molecular weight is 547 g/mol. The monoisotopic (exact) mass is 546 g/mol.